The van der Waals surface area contributed by atoms with E-state index in [0.717, 1.165) is 31.5 Å². The smallest absolute Gasteiger partial charge is 0.303 e. The first-order valence-electron chi connectivity index (χ1n) is 10.5. The van der Waals surface area contributed by atoms with E-state index in [9.17, 15) is 14.4 Å². The molecule has 8 nitrogen and oxygen atoms in total. The normalized spacial score (nSPS) is 21.9. The molecule has 160 valence electrons. The molecule has 31 heavy (non-hydrogen) atoms. The van der Waals surface area contributed by atoms with Crippen LogP contribution in [0.25, 0.3) is 0 Å². The Balaban J connectivity index is 1.18. The predicted molar refractivity (Wildman–Crippen MR) is 112 cm³/mol. The van der Waals surface area contributed by atoms with Crippen molar-refractivity contribution in [1.82, 2.24) is 0 Å². The molecule has 5 rings (SSSR count). The SMILES string of the molecule is Cc1ccc2c(c1)C(=O)C(=O)N2C[NH+]1CCC(C(=O)Nc2ccc3c(c2)OCO3)CC1. The number of fused-ring (bicyclic) bond motifs is 2. The molecule has 2 amide bonds. The molecule has 0 unspecified atom stereocenters. The Bertz CT molecular complexity index is 1070. The highest BCUT2D eigenvalue weighted by Crippen LogP contribution is 2.34. The fraction of sp³-hybridized carbons (Fsp3) is 0.348. The predicted octanol–water partition coefficient (Wildman–Crippen LogP) is 1.14. The number of benzene rings is 2. The highest BCUT2D eigenvalue weighted by atomic mass is 16.7. The van der Waals surface area contributed by atoms with E-state index in [2.05, 4.69) is 5.32 Å². The van der Waals surface area contributed by atoms with Crippen LogP contribution in [-0.4, -0.2) is 44.1 Å². The first-order chi connectivity index (χ1) is 15.0. The summed E-state index contributed by atoms with van der Waals surface area (Å²) in [5.74, 6) is 0.331. The number of aryl methyl sites for hydroxylation is 1. The van der Waals surface area contributed by atoms with Gasteiger partial charge in [0.2, 0.25) is 12.7 Å². The monoisotopic (exact) mass is 422 g/mol. The van der Waals surface area contributed by atoms with Crippen LogP contribution < -0.4 is 24.6 Å². The van der Waals surface area contributed by atoms with Gasteiger partial charge in [0.15, 0.2) is 18.2 Å². The summed E-state index contributed by atoms with van der Waals surface area (Å²) >= 11 is 0. The number of hydrogen-bond acceptors (Lipinski definition) is 5. The first-order valence-corrected chi connectivity index (χ1v) is 10.5. The number of ketones is 1. The highest BCUT2D eigenvalue weighted by Gasteiger charge is 2.39. The van der Waals surface area contributed by atoms with Gasteiger partial charge in [-0.05, 0) is 31.2 Å². The van der Waals surface area contributed by atoms with Gasteiger partial charge in [0.25, 0.3) is 5.78 Å². The molecule has 8 heteroatoms. The van der Waals surface area contributed by atoms with Crippen molar-refractivity contribution in [2.24, 2.45) is 5.92 Å². The van der Waals surface area contributed by atoms with Crippen LogP contribution in [0.4, 0.5) is 11.4 Å². The number of carbonyl (C=O) groups is 3. The number of anilines is 2. The molecule has 3 aliphatic heterocycles. The van der Waals surface area contributed by atoms with E-state index < -0.39 is 11.7 Å². The summed E-state index contributed by atoms with van der Waals surface area (Å²) in [4.78, 5) is 40.3. The van der Waals surface area contributed by atoms with Gasteiger partial charge in [0.05, 0.1) is 24.3 Å². The largest absolute Gasteiger partial charge is 0.454 e. The maximum atomic E-state index is 12.7. The van der Waals surface area contributed by atoms with E-state index in [4.69, 9.17) is 9.47 Å². The van der Waals surface area contributed by atoms with Crippen LogP contribution in [0, 0.1) is 12.8 Å². The molecule has 0 saturated carbocycles. The topological polar surface area (TPSA) is 89.4 Å². The van der Waals surface area contributed by atoms with Gasteiger partial charge in [-0.3, -0.25) is 19.3 Å². The number of nitrogens with one attached hydrogen (secondary N) is 2. The van der Waals surface area contributed by atoms with Gasteiger partial charge in [0, 0.05) is 30.5 Å². The minimum atomic E-state index is -0.462. The number of hydrogen-bond donors (Lipinski definition) is 2. The summed E-state index contributed by atoms with van der Waals surface area (Å²) in [7, 11) is 0. The van der Waals surface area contributed by atoms with Crippen LogP contribution in [0.2, 0.25) is 0 Å². The molecule has 3 aliphatic rings. The average Bonchev–Trinajstić information content (AvgIpc) is 3.33. The number of Topliss-reactive ketones (excluding diaryl/α,β-unsaturated/α-hetero) is 1. The first kappa shape index (κ1) is 19.6. The third-order valence-corrected chi connectivity index (χ3v) is 6.21. The molecule has 0 atom stereocenters. The fourth-order valence-corrected chi connectivity index (χ4v) is 4.46. The van der Waals surface area contributed by atoms with Crippen molar-refractivity contribution in [2.75, 3.05) is 36.8 Å². The van der Waals surface area contributed by atoms with Crippen molar-refractivity contribution in [2.45, 2.75) is 19.8 Å². The van der Waals surface area contributed by atoms with Crippen LogP contribution >= 0.6 is 0 Å². The van der Waals surface area contributed by atoms with Crippen molar-refractivity contribution in [3.8, 4) is 11.5 Å². The van der Waals surface area contributed by atoms with Crippen LogP contribution in [0.15, 0.2) is 36.4 Å². The number of likely N-dealkylation sites (tertiary alicyclic amines) is 1. The van der Waals surface area contributed by atoms with Gasteiger partial charge < -0.3 is 19.7 Å². The molecular formula is C23H24N3O5+. The van der Waals surface area contributed by atoms with Gasteiger partial charge in [-0.15, -0.1) is 0 Å². The van der Waals surface area contributed by atoms with E-state index in [-0.39, 0.29) is 18.6 Å². The summed E-state index contributed by atoms with van der Waals surface area (Å²) < 4.78 is 10.7. The zero-order chi connectivity index (χ0) is 21.5. The number of rotatable bonds is 4. The number of quaternary nitrogens is 1. The Morgan fingerprint density at radius 2 is 1.87 bits per heavy atom. The zero-order valence-corrected chi connectivity index (χ0v) is 17.3. The van der Waals surface area contributed by atoms with Crippen LogP contribution in [0.3, 0.4) is 0 Å². The quantitative estimate of drug-likeness (QED) is 0.722. The maximum absolute atomic E-state index is 12.7. The summed E-state index contributed by atoms with van der Waals surface area (Å²) in [6.45, 7) is 4.07. The summed E-state index contributed by atoms with van der Waals surface area (Å²) in [6.07, 6.45) is 1.45. The molecular weight excluding hydrogens is 398 g/mol. The standard InChI is InChI=1S/C23H23N3O5/c1-14-2-4-18-17(10-14)21(27)23(29)26(18)12-25-8-6-15(7-9-25)22(28)24-16-3-5-19-20(11-16)31-13-30-19/h2-5,10-11,15H,6-9,12-13H2,1H3,(H,24,28)/p+1. The summed E-state index contributed by atoms with van der Waals surface area (Å²) in [6, 6.07) is 10.9. The molecule has 0 bridgehead atoms. The van der Waals surface area contributed by atoms with Crippen molar-refractivity contribution < 1.29 is 28.8 Å². The third kappa shape index (κ3) is 3.63. The molecule has 2 N–H and O–H groups in total. The molecule has 0 spiro atoms. The van der Waals surface area contributed by atoms with Gasteiger partial charge in [-0.1, -0.05) is 11.6 Å². The lowest BCUT2D eigenvalue weighted by molar-refractivity contribution is -0.904. The van der Waals surface area contributed by atoms with Gasteiger partial charge >= 0.3 is 5.91 Å². The number of amides is 2. The molecule has 2 aromatic carbocycles. The van der Waals surface area contributed by atoms with E-state index >= 15 is 0 Å². The lowest BCUT2D eigenvalue weighted by atomic mass is 9.96. The fourth-order valence-electron chi connectivity index (χ4n) is 4.46. The third-order valence-electron chi connectivity index (χ3n) is 6.21. The molecule has 0 radical (unpaired) electrons. The van der Waals surface area contributed by atoms with Crippen molar-refractivity contribution >= 4 is 29.0 Å². The maximum Gasteiger partial charge on any atom is 0.303 e. The number of nitrogens with zero attached hydrogens (tertiary/aromatic N) is 1. The Morgan fingerprint density at radius 1 is 1.10 bits per heavy atom. The van der Waals surface area contributed by atoms with Crippen LogP contribution in [-0.2, 0) is 9.59 Å². The molecule has 0 aliphatic carbocycles. The second-order valence-corrected chi connectivity index (χ2v) is 8.32. The Labute approximate surface area is 179 Å². The van der Waals surface area contributed by atoms with Crippen LogP contribution in [0.1, 0.15) is 28.8 Å². The lowest BCUT2D eigenvalue weighted by Crippen LogP contribution is -3.14. The Morgan fingerprint density at radius 3 is 2.68 bits per heavy atom. The van der Waals surface area contributed by atoms with Crippen molar-refractivity contribution in [3.63, 3.8) is 0 Å². The van der Waals surface area contributed by atoms with E-state index in [0.29, 0.717) is 35.1 Å². The zero-order valence-electron chi connectivity index (χ0n) is 17.3. The van der Waals surface area contributed by atoms with Gasteiger partial charge in [-0.25, -0.2) is 0 Å². The molecule has 3 heterocycles. The summed E-state index contributed by atoms with van der Waals surface area (Å²) in [5.41, 5.74) is 2.83. The second-order valence-electron chi connectivity index (χ2n) is 8.32. The molecule has 0 aromatic heterocycles. The number of piperidine rings is 1. The molecule has 2 aromatic rings. The van der Waals surface area contributed by atoms with Gasteiger partial charge in [0.1, 0.15) is 0 Å². The summed E-state index contributed by atoms with van der Waals surface area (Å²) in [5, 5.41) is 2.97. The Kier molecular flexibility index (Phi) is 4.86. The second kappa shape index (κ2) is 7.70. The lowest BCUT2D eigenvalue weighted by Gasteiger charge is -2.31. The van der Waals surface area contributed by atoms with E-state index in [1.807, 2.05) is 19.1 Å². The number of carbonyl (C=O) groups excluding carboxylic acids is 3. The van der Waals surface area contributed by atoms with E-state index in [1.54, 1.807) is 29.2 Å². The minimum Gasteiger partial charge on any atom is -0.454 e. The molecule has 1 saturated heterocycles. The highest BCUT2D eigenvalue weighted by molar-refractivity contribution is 6.52. The van der Waals surface area contributed by atoms with E-state index in [1.165, 1.54) is 4.90 Å². The van der Waals surface area contributed by atoms with Crippen LogP contribution in [0.5, 0.6) is 11.5 Å². The van der Waals surface area contributed by atoms with Crippen molar-refractivity contribution in [1.29, 1.82) is 0 Å². The van der Waals surface area contributed by atoms with Gasteiger partial charge in [-0.2, -0.15) is 0 Å². The molecule has 1 fully saturated rings. The minimum absolute atomic E-state index is 0.00818. The number of ether oxygens (including phenoxy) is 2. The average molecular weight is 422 g/mol. The Hall–Kier alpha value is -3.39. The van der Waals surface area contributed by atoms with Crippen molar-refractivity contribution in [3.05, 3.63) is 47.5 Å².